The summed E-state index contributed by atoms with van der Waals surface area (Å²) in [5.41, 5.74) is 6.35. The van der Waals surface area contributed by atoms with E-state index in [1.807, 2.05) is 0 Å². The quantitative estimate of drug-likeness (QED) is 0.844. The van der Waals surface area contributed by atoms with Crippen molar-refractivity contribution in [3.05, 3.63) is 0 Å². The van der Waals surface area contributed by atoms with Crippen molar-refractivity contribution in [3.63, 3.8) is 0 Å². The number of hydrogen-bond donors (Lipinski definition) is 1. The fraction of sp³-hybridized carbons (Fsp3) is 0.941. The molecule has 0 radical (unpaired) electrons. The van der Waals surface area contributed by atoms with Crippen molar-refractivity contribution in [3.8, 4) is 0 Å². The van der Waals surface area contributed by atoms with Crippen LogP contribution in [0.1, 0.15) is 58.8 Å². The third kappa shape index (κ3) is 2.49. The zero-order valence-corrected chi connectivity index (χ0v) is 13.1. The second-order valence-corrected chi connectivity index (χ2v) is 7.68. The molecule has 2 saturated carbocycles. The van der Waals surface area contributed by atoms with Crippen molar-refractivity contribution in [2.45, 2.75) is 70.9 Å². The predicted molar refractivity (Wildman–Crippen MR) is 81.1 cm³/mol. The minimum atomic E-state index is 0.268. The number of carbonyl (C=O) groups excluding carboxylic acids is 1. The zero-order chi connectivity index (χ0) is 14.3. The molecule has 1 amide bonds. The molecular formula is C17H30N2O. The van der Waals surface area contributed by atoms with E-state index in [0.717, 1.165) is 19.4 Å². The van der Waals surface area contributed by atoms with Crippen LogP contribution < -0.4 is 5.73 Å². The number of rotatable bonds is 2. The van der Waals surface area contributed by atoms with Gasteiger partial charge < -0.3 is 10.6 Å². The van der Waals surface area contributed by atoms with Crippen LogP contribution in [0.4, 0.5) is 0 Å². The number of amides is 1. The van der Waals surface area contributed by atoms with Crippen LogP contribution in [-0.4, -0.2) is 29.4 Å². The van der Waals surface area contributed by atoms with E-state index >= 15 is 0 Å². The second kappa shape index (κ2) is 5.67. The fourth-order valence-corrected chi connectivity index (χ4v) is 4.98. The third-order valence-corrected chi connectivity index (χ3v) is 6.11. The van der Waals surface area contributed by atoms with E-state index in [9.17, 15) is 4.79 Å². The number of hydrogen-bond acceptors (Lipinski definition) is 2. The first kappa shape index (κ1) is 14.4. The molecule has 2 N–H and O–H groups in total. The molecule has 0 aromatic heterocycles. The lowest BCUT2D eigenvalue weighted by atomic mass is 9.65. The SMILES string of the molecule is CC(C)C1CCCN1C(=O)C1CC2CCCC(C1)C2N. The largest absolute Gasteiger partial charge is 0.339 e. The summed E-state index contributed by atoms with van der Waals surface area (Å²) < 4.78 is 0. The minimum Gasteiger partial charge on any atom is -0.339 e. The number of nitrogens with zero attached hydrogens (tertiary/aromatic N) is 1. The molecule has 0 spiro atoms. The molecule has 3 unspecified atom stereocenters. The third-order valence-electron chi connectivity index (χ3n) is 6.11. The van der Waals surface area contributed by atoms with Crippen molar-refractivity contribution in [1.29, 1.82) is 0 Å². The molecule has 114 valence electrons. The monoisotopic (exact) mass is 278 g/mol. The Balaban J connectivity index is 1.68. The van der Waals surface area contributed by atoms with Gasteiger partial charge in [-0.25, -0.2) is 0 Å². The summed E-state index contributed by atoms with van der Waals surface area (Å²) in [4.78, 5) is 15.1. The van der Waals surface area contributed by atoms with E-state index in [2.05, 4.69) is 18.7 Å². The fourth-order valence-electron chi connectivity index (χ4n) is 4.98. The van der Waals surface area contributed by atoms with E-state index < -0.39 is 0 Å². The lowest BCUT2D eigenvalue weighted by Crippen LogP contribution is -2.50. The van der Waals surface area contributed by atoms with Crippen molar-refractivity contribution in [2.75, 3.05) is 6.54 Å². The molecule has 3 aliphatic rings. The molecule has 3 rings (SSSR count). The molecular weight excluding hydrogens is 248 g/mol. The first-order valence-corrected chi connectivity index (χ1v) is 8.64. The van der Waals surface area contributed by atoms with Gasteiger partial charge in [0.2, 0.25) is 5.91 Å². The molecule has 2 bridgehead atoms. The Bertz CT molecular complexity index is 354. The van der Waals surface area contributed by atoms with Gasteiger partial charge in [-0.3, -0.25) is 4.79 Å². The summed E-state index contributed by atoms with van der Waals surface area (Å²) in [6.07, 6.45) is 8.30. The smallest absolute Gasteiger partial charge is 0.225 e. The molecule has 2 aliphatic carbocycles. The minimum absolute atomic E-state index is 0.268. The van der Waals surface area contributed by atoms with Gasteiger partial charge in [0.25, 0.3) is 0 Å². The maximum Gasteiger partial charge on any atom is 0.225 e. The first-order chi connectivity index (χ1) is 9.58. The molecule has 1 aliphatic heterocycles. The zero-order valence-electron chi connectivity index (χ0n) is 13.1. The van der Waals surface area contributed by atoms with Gasteiger partial charge in [0.1, 0.15) is 0 Å². The van der Waals surface area contributed by atoms with Crippen LogP contribution in [0.25, 0.3) is 0 Å². The van der Waals surface area contributed by atoms with E-state index in [1.54, 1.807) is 0 Å². The van der Waals surface area contributed by atoms with E-state index in [4.69, 9.17) is 5.73 Å². The molecule has 1 heterocycles. The molecule has 3 fully saturated rings. The van der Waals surface area contributed by atoms with Crippen molar-refractivity contribution >= 4 is 5.91 Å². The van der Waals surface area contributed by atoms with Gasteiger partial charge in [-0.2, -0.15) is 0 Å². The van der Waals surface area contributed by atoms with Gasteiger partial charge in [0.15, 0.2) is 0 Å². The van der Waals surface area contributed by atoms with Crippen LogP contribution in [0.2, 0.25) is 0 Å². The summed E-state index contributed by atoms with van der Waals surface area (Å²) in [5.74, 6) is 2.52. The van der Waals surface area contributed by atoms with E-state index in [0.29, 0.717) is 35.7 Å². The summed E-state index contributed by atoms with van der Waals surface area (Å²) in [5, 5.41) is 0. The van der Waals surface area contributed by atoms with Crippen molar-refractivity contribution in [2.24, 2.45) is 29.4 Å². The van der Waals surface area contributed by atoms with E-state index in [1.165, 1.54) is 32.1 Å². The van der Waals surface area contributed by atoms with Gasteiger partial charge >= 0.3 is 0 Å². The average molecular weight is 278 g/mol. The van der Waals surface area contributed by atoms with Crippen molar-refractivity contribution < 1.29 is 4.79 Å². The van der Waals surface area contributed by atoms with E-state index in [-0.39, 0.29) is 5.92 Å². The number of fused-ring (bicyclic) bond motifs is 2. The van der Waals surface area contributed by atoms with Crippen LogP contribution in [0, 0.1) is 23.7 Å². The molecule has 0 aromatic carbocycles. The lowest BCUT2D eigenvalue weighted by Gasteiger charge is -2.45. The van der Waals surface area contributed by atoms with Gasteiger partial charge in [-0.05, 0) is 56.3 Å². The molecule has 0 aromatic rings. The Labute approximate surface area is 123 Å². The number of likely N-dealkylation sites (tertiary alicyclic amines) is 1. The summed E-state index contributed by atoms with van der Waals surface area (Å²) in [6, 6.07) is 0.852. The molecule has 3 heteroatoms. The Morgan fingerprint density at radius 3 is 2.35 bits per heavy atom. The highest BCUT2D eigenvalue weighted by Gasteiger charge is 2.43. The second-order valence-electron chi connectivity index (χ2n) is 7.68. The number of carbonyl (C=O) groups is 1. The van der Waals surface area contributed by atoms with Gasteiger partial charge in [-0.1, -0.05) is 20.3 Å². The van der Waals surface area contributed by atoms with Gasteiger partial charge in [0, 0.05) is 24.5 Å². The topological polar surface area (TPSA) is 46.3 Å². The van der Waals surface area contributed by atoms with Crippen LogP contribution in [-0.2, 0) is 4.79 Å². The Morgan fingerprint density at radius 1 is 1.10 bits per heavy atom. The maximum absolute atomic E-state index is 12.9. The number of nitrogens with two attached hydrogens (primary N) is 1. The highest BCUT2D eigenvalue weighted by molar-refractivity contribution is 5.79. The standard InChI is InChI=1S/C17H30N2O/c1-11(2)15-7-4-8-19(15)17(20)14-9-12-5-3-6-13(10-14)16(12)18/h11-16H,3-10,18H2,1-2H3. The first-order valence-electron chi connectivity index (χ1n) is 8.64. The normalized spacial score (nSPS) is 41.2. The highest BCUT2D eigenvalue weighted by Crippen LogP contribution is 2.43. The molecule has 3 atom stereocenters. The van der Waals surface area contributed by atoms with Gasteiger partial charge in [-0.15, -0.1) is 0 Å². The molecule has 3 nitrogen and oxygen atoms in total. The average Bonchev–Trinajstić information content (AvgIpc) is 2.86. The highest BCUT2D eigenvalue weighted by atomic mass is 16.2. The molecule has 20 heavy (non-hydrogen) atoms. The lowest BCUT2D eigenvalue weighted by molar-refractivity contribution is -0.140. The maximum atomic E-state index is 12.9. The Morgan fingerprint density at radius 2 is 1.75 bits per heavy atom. The van der Waals surface area contributed by atoms with Crippen LogP contribution in [0.5, 0.6) is 0 Å². The van der Waals surface area contributed by atoms with Crippen LogP contribution in [0.3, 0.4) is 0 Å². The van der Waals surface area contributed by atoms with Crippen LogP contribution >= 0.6 is 0 Å². The Kier molecular flexibility index (Phi) is 4.07. The summed E-state index contributed by atoms with van der Waals surface area (Å²) in [7, 11) is 0. The van der Waals surface area contributed by atoms with Gasteiger partial charge in [0.05, 0.1) is 0 Å². The molecule has 1 saturated heterocycles. The summed E-state index contributed by atoms with van der Waals surface area (Å²) in [6.45, 7) is 5.49. The van der Waals surface area contributed by atoms with Crippen molar-refractivity contribution in [1.82, 2.24) is 4.90 Å². The van der Waals surface area contributed by atoms with Crippen LogP contribution in [0.15, 0.2) is 0 Å². The Hall–Kier alpha value is -0.570. The summed E-state index contributed by atoms with van der Waals surface area (Å²) >= 11 is 0. The predicted octanol–water partition coefficient (Wildman–Crippen LogP) is 2.79.